The lowest BCUT2D eigenvalue weighted by molar-refractivity contribution is 0.0684. The van der Waals surface area contributed by atoms with Crippen LogP contribution in [0.25, 0.3) is 33.4 Å². The van der Waals surface area contributed by atoms with Crippen molar-refractivity contribution in [2.45, 2.75) is 77.0 Å². The number of carboxylic acids is 2. The summed E-state index contributed by atoms with van der Waals surface area (Å²) in [6.07, 6.45) is 10.8. The number of aromatic nitrogens is 6. The monoisotopic (exact) mass is 676 g/mol. The number of phenolic OH excluding ortho intramolecular Hbond substituents is 2. The summed E-state index contributed by atoms with van der Waals surface area (Å²) >= 11 is 0. The van der Waals surface area contributed by atoms with Gasteiger partial charge in [-0.1, -0.05) is 75.6 Å². The molecular weight excluding hydrogens is 636 g/mol. The van der Waals surface area contributed by atoms with E-state index in [1.54, 1.807) is 0 Å². The van der Waals surface area contributed by atoms with Crippen molar-refractivity contribution in [1.82, 2.24) is 30.0 Å². The molecule has 12 heteroatoms. The summed E-state index contributed by atoms with van der Waals surface area (Å²) < 4.78 is 0. The number of nitrogens with zero attached hydrogens (tertiary/aromatic N) is 6. The first-order valence-electron chi connectivity index (χ1n) is 17.1. The van der Waals surface area contributed by atoms with Crippen LogP contribution in [-0.2, 0) is 12.8 Å². The normalized spacial score (nSPS) is 11.4. The van der Waals surface area contributed by atoms with Gasteiger partial charge in [-0.3, -0.25) is 0 Å². The van der Waals surface area contributed by atoms with Gasteiger partial charge in [0.05, 0.1) is 11.1 Å². The second kappa shape index (κ2) is 15.6. The van der Waals surface area contributed by atoms with Crippen molar-refractivity contribution in [3.05, 3.63) is 95.1 Å². The standard InChI is InChI=1S/C38H40N6O6/c45-33-23-21-27(37(47)48)25(35(33)43-39-29-17-11-12-18-30(29)40-43)15-9-7-5-3-1-2-4-6-8-10-16-26-28(38(49)50)22-24-34(46)36(26)44-41-31-19-13-14-20-32(31)42-44/h11-14,17-24,45-46H,1-10,15-16H2,(H,47,48)(H,49,50). The van der Waals surface area contributed by atoms with Gasteiger partial charge in [0.15, 0.2) is 0 Å². The number of phenols is 2. The topological polar surface area (TPSA) is 176 Å². The first kappa shape index (κ1) is 34.1. The molecule has 6 aromatic rings. The van der Waals surface area contributed by atoms with Crippen molar-refractivity contribution in [3.8, 4) is 22.9 Å². The van der Waals surface area contributed by atoms with E-state index in [9.17, 15) is 30.0 Å². The maximum atomic E-state index is 12.1. The number of hydrogen-bond donors (Lipinski definition) is 4. The average Bonchev–Trinajstić information content (AvgIpc) is 3.73. The molecule has 0 amide bonds. The summed E-state index contributed by atoms with van der Waals surface area (Å²) in [5.74, 6) is -2.21. The Morgan fingerprint density at radius 3 is 1.06 bits per heavy atom. The quantitative estimate of drug-likeness (QED) is 0.0702. The number of aromatic hydroxyl groups is 2. The molecule has 2 heterocycles. The number of unbranched alkanes of at least 4 members (excludes halogenated alkanes) is 9. The van der Waals surface area contributed by atoms with Gasteiger partial charge in [-0.25, -0.2) is 9.59 Å². The molecule has 0 atom stereocenters. The lowest BCUT2D eigenvalue weighted by Gasteiger charge is -2.14. The highest BCUT2D eigenvalue weighted by Gasteiger charge is 2.22. The Balaban J connectivity index is 0.949. The third-order valence-electron chi connectivity index (χ3n) is 9.06. The van der Waals surface area contributed by atoms with Crippen LogP contribution in [0.15, 0.2) is 72.8 Å². The highest BCUT2D eigenvalue weighted by Crippen LogP contribution is 2.32. The lowest BCUT2D eigenvalue weighted by Crippen LogP contribution is -2.10. The molecule has 6 rings (SSSR count). The molecule has 2 aromatic heterocycles. The van der Waals surface area contributed by atoms with Crippen LogP contribution in [0.1, 0.15) is 96.1 Å². The van der Waals surface area contributed by atoms with E-state index >= 15 is 0 Å². The molecule has 0 spiro atoms. The number of carbonyl (C=O) groups is 2. The lowest BCUT2D eigenvalue weighted by atomic mass is 9.97. The molecule has 12 nitrogen and oxygen atoms in total. The van der Waals surface area contributed by atoms with Gasteiger partial charge < -0.3 is 20.4 Å². The molecule has 0 saturated carbocycles. The van der Waals surface area contributed by atoms with Gasteiger partial charge in [0.25, 0.3) is 0 Å². The highest BCUT2D eigenvalue weighted by atomic mass is 16.4. The number of aromatic carboxylic acids is 2. The summed E-state index contributed by atoms with van der Waals surface area (Å²) in [6, 6.07) is 20.3. The van der Waals surface area contributed by atoms with Gasteiger partial charge in [-0.15, -0.1) is 30.0 Å². The average molecular weight is 677 g/mol. The van der Waals surface area contributed by atoms with Crippen LogP contribution < -0.4 is 0 Å². The van der Waals surface area contributed by atoms with E-state index in [0.717, 1.165) is 64.2 Å². The van der Waals surface area contributed by atoms with Gasteiger partial charge in [0.2, 0.25) is 0 Å². The van der Waals surface area contributed by atoms with Gasteiger partial charge in [-0.05, 0) is 85.3 Å². The summed E-state index contributed by atoms with van der Waals surface area (Å²) in [4.78, 5) is 26.8. The Bertz CT molecular complexity index is 1920. The number of benzene rings is 4. The van der Waals surface area contributed by atoms with Crippen LogP contribution in [0.4, 0.5) is 0 Å². The second-order valence-corrected chi connectivity index (χ2v) is 12.5. The fraction of sp³-hybridized carbons (Fsp3) is 0.316. The predicted octanol–water partition coefficient (Wildman–Crippen LogP) is 7.65. The number of carboxylic acid groups (broad SMARTS) is 2. The molecule has 4 N–H and O–H groups in total. The number of hydrogen-bond acceptors (Lipinski definition) is 8. The minimum atomic E-state index is -1.05. The number of fused-ring (bicyclic) bond motifs is 2. The summed E-state index contributed by atoms with van der Waals surface area (Å²) in [7, 11) is 0. The summed E-state index contributed by atoms with van der Waals surface area (Å²) in [5, 5.41) is 59.0. The first-order chi connectivity index (χ1) is 24.3. The fourth-order valence-corrected chi connectivity index (χ4v) is 6.54. The molecule has 0 fully saturated rings. The summed E-state index contributed by atoms with van der Waals surface area (Å²) in [5.41, 5.74) is 4.61. The van der Waals surface area contributed by atoms with Gasteiger partial charge >= 0.3 is 11.9 Å². The van der Waals surface area contributed by atoms with E-state index in [1.807, 2.05) is 48.5 Å². The van der Waals surface area contributed by atoms with Crippen LogP contribution in [0.3, 0.4) is 0 Å². The Hall–Kier alpha value is -5.78. The molecule has 0 aliphatic heterocycles. The fourth-order valence-electron chi connectivity index (χ4n) is 6.54. The maximum absolute atomic E-state index is 12.1. The molecule has 0 aliphatic carbocycles. The zero-order chi connectivity index (χ0) is 35.0. The van der Waals surface area contributed by atoms with Crippen molar-refractivity contribution in [2.75, 3.05) is 0 Å². The summed E-state index contributed by atoms with van der Waals surface area (Å²) in [6.45, 7) is 0. The van der Waals surface area contributed by atoms with Crippen molar-refractivity contribution in [1.29, 1.82) is 0 Å². The van der Waals surface area contributed by atoms with Crippen molar-refractivity contribution in [3.63, 3.8) is 0 Å². The molecule has 0 radical (unpaired) electrons. The highest BCUT2D eigenvalue weighted by molar-refractivity contribution is 5.92. The smallest absolute Gasteiger partial charge is 0.336 e. The maximum Gasteiger partial charge on any atom is 0.336 e. The van der Waals surface area contributed by atoms with Crippen LogP contribution >= 0.6 is 0 Å². The molecule has 0 unspecified atom stereocenters. The van der Waals surface area contributed by atoms with E-state index in [-0.39, 0.29) is 22.6 Å². The minimum absolute atomic E-state index is 0.0569. The van der Waals surface area contributed by atoms with Crippen LogP contribution in [0.2, 0.25) is 0 Å². The SMILES string of the molecule is O=C(O)c1ccc(O)c(-n2nc3ccccc3n2)c1CCCCCCCCCCCCc1c(C(=O)O)ccc(O)c1-n1nc2ccccc2n1. The van der Waals surface area contributed by atoms with Crippen molar-refractivity contribution in [2.24, 2.45) is 0 Å². The third kappa shape index (κ3) is 7.59. The van der Waals surface area contributed by atoms with Crippen molar-refractivity contribution < 1.29 is 30.0 Å². The van der Waals surface area contributed by atoms with Gasteiger partial charge in [0.1, 0.15) is 44.9 Å². The van der Waals surface area contributed by atoms with Gasteiger partial charge in [-0.2, -0.15) is 0 Å². The predicted molar refractivity (Wildman–Crippen MR) is 189 cm³/mol. The Morgan fingerprint density at radius 2 is 0.760 bits per heavy atom. The Morgan fingerprint density at radius 1 is 0.460 bits per heavy atom. The molecule has 0 bridgehead atoms. The first-order valence-corrected chi connectivity index (χ1v) is 17.1. The van der Waals surface area contributed by atoms with E-state index in [0.29, 0.717) is 57.4 Å². The molecule has 50 heavy (non-hydrogen) atoms. The van der Waals surface area contributed by atoms with E-state index in [1.165, 1.54) is 33.9 Å². The molecule has 258 valence electrons. The Kier molecular flexibility index (Phi) is 10.7. The van der Waals surface area contributed by atoms with Crippen LogP contribution in [0.5, 0.6) is 11.5 Å². The van der Waals surface area contributed by atoms with E-state index in [4.69, 9.17) is 0 Å². The van der Waals surface area contributed by atoms with Crippen LogP contribution in [0, 0.1) is 0 Å². The second-order valence-electron chi connectivity index (χ2n) is 12.5. The molecular formula is C38H40N6O6. The Labute approximate surface area is 288 Å². The van der Waals surface area contributed by atoms with Crippen LogP contribution in [-0.4, -0.2) is 62.4 Å². The molecule has 0 aliphatic rings. The third-order valence-corrected chi connectivity index (χ3v) is 9.06. The van der Waals surface area contributed by atoms with E-state index in [2.05, 4.69) is 20.4 Å². The van der Waals surface area contributed by atoms with Crippen molar-refractivity contribution >= 4 is 34.0 Å². The van der Waals surface area contributed by atoms with E-state index < -0.39 is 11.9 Å². The number of rotatable bonds is 17. The minimum Gasteiger partial charge on any atom is -0.506 e. The largest absolute Gasteiger partial charge is 0.506 e. The zero-order valence-corrected chi connectivity index (χ0v) is 27.7. The zero-order valence-electron chi connectivity index (χ0n) is 27.7. The molecule has 0 saturated heterocycles. The van der Waals surface area contributed by atoms with Gasteiger partial charge in [0, 0.05) is 0 Å². The molecule has 4 aromatic carbocycles.